The Morgan fingerprint density at radius 3 is 2.23 bits per heavy atom. The van der Waals surface area contributed by atoms with Gasteiger partial charge in [0, 0.05) is 28.2 Å². The van der Waals surface area contributed by atoms with Crippen LogP contribution in [0.3, 0.4) is 0 Å². The third kappa shape index (κ3) is 2.90. The van der Waals surface area contributed by atoms with Crippen molar-refractivity contribution in [2.24, 2.45) is 0 Å². The molecule has 13 heavy (non-hydrogen) atoms. The van der Waals surface area contributed by atoms with Gasteiger partial charge in [0.2, 0.25) is 8.32 Å². The summed E-state index contributed by atoms with van der Waals surface area (Å²) in [7, 11) is -0.0587. The van der Waals surface area contributed by atoms with Crippen LogP contribution >= 0.6 is 0 Å². The van der Waals surface area contributed by atoms with E-state index in [1.165, 1.54) is 5.19 Å². The smallest absolute Gasteiger partial charge is 0.244 e. The molecule has 0 aliphatic carbocycles. The first-order chi connectivity index (χ1) is 5.73. The average molecular weight is 373 g/mol. The van der Waals surface area contributed by atoms with Crippen molar-refractivity contribution in [2.45, 2.75) is 6.55 Å². The quantitative estimate of drug-likeness (QED) is 0.735. The Balaban J connectivity index is 0.00000144. The van der Waals surface area contributed by atoms with Crippen LogP contribution < -0.4 is 5.19 Å². The van der Waals surface area contributed by atoms with Gasteiger partial charge in [-0.1, -0.05) is 36.0 Å². The van der Waals surface area contributed by atoms with Crippen LogP contribution in [0.5, 0.6) is 0 Å². The standard InChI is InChI=1S/C10H14OSi.Pt/c1-4-12(3,11-2)10-8-6-5-7-9-10;/h4-9H,1H2,2-3H3;. The molecular weight excluding hydrogens is 359 g/mol. The number of hydrogen-bond acceptors (Lipinski definition) is 1. The minimum absolute atomic E-state index is 0. The van der Waals surface area contributed by atoms with Crippen LogP contribution in [-0.4, -0.2) is 15.4 Å². The molecule has 1 aromatic carbocycles. The van der Waals surface area contributed by atoms with Crippen LogP contribution in [0.1, 0.15) is 0 Å². The molecule has 1 nitrogen and oxygen atoms in total. The maximum absolute atomic E-state index is 5.49. The van der Waals surface area contributed by atoms with Crippen molar-refractivity contribution >= 4 is 13.5 Å². The Morgan fingerprint density at radius 1 is 1.31 bits per heavy atom. The zero-order chi connectivity index (χ0) is 9.03. The molecule has 1 aromatic rings. The summed E-state index contributed by atoms with van der Waals surface area (Å²) in [4.78, 5) is 0. The molecule has 1 rings (SSSR count). The second kappa shape index (κ2) is 5.53. The first-order valence-corrected chi connectivity index (χ1v) is 6.46. The van der Waals surface area contributed by atoms with Crippen LogP contribution in [0.2, 0.25) is 6.55 Å². The van der Waals surface area contributed by atoms with E-state index in [0.29, 0.717) is 0 Å². The molecule has 0 bridgehead atoms. The summed E-state index contributed by atoms with van der Waals surface area (Å²) >= 11 is 0. The van der Waals surface area contributed by atoms with E-state index in [2.05, 4.69) is 25.3 Å². The monoisotopic (exact) mass is 373 g/mol. The van der Waals surface area contributed by atoms with E-state index in [-0.39, 0.29) is 21.1 Å². The minimum atomic E-state index is -1.81. The SMILES string of the molecule is C=C[Si](C)(OC)c1ccccc1.[Pt]. The molecule has 0 amide bonds. The maximum atomic E-state index is 5.49. The molecule has 0 saturated heterocycles. The Bertz CT molecular complexity index is 263. The summed E-state index contributed by atoms with van der Waals surface area (Å²) in [5.41, 5.74) is 1.95. The van der Waals surface area contributed by atoms with Gasteiger partial charge in [0.15, 0.2) is 0 Å². The fraction of sp³-hybridized carbons (Fsp3) is 0.200. The largest absolute Gasteiger partial charge is 0.412 e. The van der Waals surface area contributed by atoms with Gasteiger partial charge in [-0.05, 0) is 11.7 Å². The minimum Gasteiger partial charge on any atom is -0.412 e. The summed E-state index contributed by atoms with van der Waals surface area (Å²) in [6.07, 6.45) is 0. The van der Waals surface area contributed by atoms with Gasteiger partial charge in [0.05, 0.1) is 0 Å². The second-order valence-electron chi connectivity index (χ2n) is 2.88. The first kappa shape index (κ1) is 12.8. The van der Waals surface area contributed by atoms with Gasteiger partial charge in [-0.25, -0.2) is 0 Å². The van der Waals surface area contributed by atoms with E-state index in [0.717, 1.165) is 0 Å². The van der Waals surface area contributed by atoms with Crippen molar-refractivity contribution in [2.75, 3.05) is 7.11 Å². The predicted octanol–water partition coefficient (Wildman–Crippen LogP) is 1.84. The van der Waals surface area contributed by atoms with E-state index in [9.17, 15) is 0 Å². The summed E-state index contributed by atoms with van der Waals surface area (Å²) in [5.74, 6) is 0. The molecule has 0 radical (unpaired) electrons. The van der Waals surface area contributed by atoms with E-state index < -0.39 is 8.32 Å². The van der Waals surface area contributed by atoms with Crippen LogP contribution in [0.15, 0.2) is 42.6 Å². The summed E-state index contributed by atoms with van der Waals surface area (Å²) in [6, 6.07) is 10.3. The van der Waals surface area contributed by atoms with Gasteiger partial charge >= 0.3 is 0 Å². The molecule has 0 spiro atoms. The second-order valence-corrected chi connectivity index (χ2v) is 6.49. The topological polar surface area (TPSA) is 9.23 Å². The molecule has 0 heterocycles. The fourth-order valence-electron chi connectivity index (χ4n) is 1.09. The third-order valence-electron chi connectivity index (χ3n) is 2.16. The van der Waals surface area contributed by atoms with Crippen LogP contribution in [0, 0.1) is 0 Å². The fourth-order valence-corrected chi connectivity index (χ4v) is 2.58. The van der Waals surface area contributed by atoms with E-state index in [1.54, 1.807) is 7.11 Å². The molecule has 1 atom stereocenters. The van der Waals surface area contributed by atoms with Gasteiger partial charge in [0.1, 0.15) is 0 Å². The predicted molar refractivity (Wildman–Crippen MR) is 54.9 cm³/mol. The Hall–Kier alpha value is -0.175. The Kier molecular flexibility index (Phi) is 5.46. The Labute approximate surface area is 95.2 Å². The molecule has 0 aromatic heterocycles. The van der Waals surface area contributed by atoms with Gasteiger partial charge in [0.25, 0.3) is 0 Å². The van der Waals surface area contributed by atoms with E-state index in [1.807, 2.05) is 23.9 Å². The van der Waals surface area contributed by atoms with Gasteiger partial charge in [-0.15, -0.1) is 6.58 Å². The molecule has 0 aliphatic heterocycles. The summed E-state index contributed by atoms with van der Waals surface area (Å²) < 4.78 is 5.49. The van der Waals surface area contributed by atoms with Crippen molar-refractivity contribution in [3.63, 3.8) is 0 Å². The van der Waals surface area contributed by atoms with Gasteiger partial charge in [-0.2, -0.15) is 0 Å². The number of hydrogen-bond donors (Lipinski definition) is 0. The zero-order valence-corrected chi connectivity index (χ0v) is 11.2. The average Bonchev–Trinajstić information content (AvgIpc) is 2.18. The van der Waals surface area contributed by atoms with Crippen molar-refractivity contribution in [1.82, 2.24) is 0 Å². The molecule has 3 heteroatoms. The van der Waals surface area contributed by atoms with Crippen molar-refractivity contribution < 1.29 is 25.5 Å². The van der Waals surface area contributed by atoms with Crippen molar-refractivity contribution in [3.05, 3.63) is 42.6 Å². The van der Waals surface area contributed by atoms with Crippen molar-refractivity contribution in [1.29, 1.82) is 0 Å². The first-order valence-electron chi connectivity index (χ1n) is 3.97. The summed E-state index contributed by atoms with van der Waals surface area (Å²) in [6.45, 7) is 5.95. The van der Waals surface area contributed by atoms with Crippen LogP contribution in [-0.2, 0) is 25.5 Å². The van der Waals surface area contributed by atoms with Crippen molar-refractivity contribution in [3.8, 4) is 0 Å². The number of benzene rings is 1. The molecule has 0 saturated carbocycles. The number of rotatable bonds is 3. The molecule has 0 fully saturated rings. The van der Waals surface area contributed by atoms with E-state index in [4.69, 9.17) is 4.43 Å². The maximum Gasteiger partial charge on any atom is 0.244 e. The molecule has 0 aliphatic rings. The van der Waals surface area contributed by atoms with Gasteiger partial charge < -0.3 is 4.43 Å². The molecule has 0 N–H and O–H groups in total. The van der Waals surface area contributed by atoms with Crippen LogP contribution in [0.4, 0.5) is 0 Å². The molecule has 1 unspecified atom stereocenters. The Morgan fingerprint density at radius 2 is 1.85 bits per heavy atom. The zero-order valence-electron chi connectivity index (χ0n) is 7.90. The van der Waals surface area contributed by atoms with Gasteiger partial charge in [-0.3, -0.25) is 0 Å². The normalized spacial score (nSPS) is 14.0. The summed E-state index contributed by atoms with van der Waals surface area (Å²) in [5, 5.41) is 1.27. The molecule has 74 valence electrons. The third-order valence-corrected chi connectivity index (χ3v) is 5.27. The molecular formula is C10H14OPtSi. The van der Waals surface area contributed by atoms with Crippen LogP contribution in [0.25, 0.3) is 0 Å². The van der Waals surface area contributed by atoms with E-state index >= 15 is 0 Å².